The molecular weight excluding hydrogens is 489 g/mol. The first-order chi connectivity index (χ1) is 17.8. The zero-order valence-corrected chi connectivity index (χ0v) is 19.8. The monoisotopic (exact) mass is 512 g/mol. The number of ether oxygens (including phenoxy) is 2. The average Bonchev–Trinajstić information content (AvgIpc) is 3.30. The van der Waals surface area contributed by atoms with E-state index in [1.54, 1.807) is 4.90 Å². The van der Waals surface area contributed by atoms with Crippen molar-refractivity contribution in [2.45, 2.75) is 18.7 Å². The summed E-state index contributed by atoms with van der Waals surface area (Å²) in [5.41, 5.74) is 5.90. The zero-order chi connectivity index (χ0) is 26.2. The van der Waals surface area contributed by atoms with E-state index in [4.69, 9.17) is 15.2 Å². The van der Waals surface area contributed by atoms with Crippen LogP contribution in [0.5, 0.6) is 5.88 Å². The third-order valence-electron chi connectivity index (χ3n) is 6.19. The van der Waals surface area contributed by atoms with Crippen molar-refractivity contribution in [1.29, 1.82) is 0 Å². The Kier molecular flexibility index (Phi) is 6.42. The molecule has 4 heterocycles. The maximum Gasteiger partial charge on any atom is 0.418 e. The molecule has 1 aliphatic rings. The Balaban J connectivity index is 1.49. The highest BCUT2D eigenvalue weighted by atomic mass is 19.4. The van der Waals surface area contributed by atoms with E-state index < -0.39 is 11.7 Å². The predicted octanol–water partition coefficient (Wildman–Crippen LogP) is 3.48. The van der Waals surface area contributed by atoms with Crippen LogP contribution >= 0.6 is 0 Å². The number of pyridine rings is 1. The summed E-state index contributed by atoms with van der Waals surface area (Å²) in [5.74, 6) is -0.617. The molecule has 0 bridgehead atoms. The Morgan fingerprint density at radius 1 is 1.22 bits per heavy atom. The number of carbonyl (C=O) groups excluding carboxylic acids is 1. The van der Waals surface area contributed by atoms with E-state index >= 15 is 0 Å². The number of hydrogen-bond acceptors (Lipinski definition) is 7. The standard InChI is InChI=1S/C25H23F3N6O3/c1-36-23-18(24(35)33-7-8-37-17(13-33)9-15-5-3-2-4-6-15)10-16(12-30-23)20-11-19(25(26,27)28)21-22(29)31-14-32-34(20)21/h2-6,10-12,14,17H,7-9,13H2,1H3,(H2,29,31,32). The lowest BCUT2D eigenvalue weighted by Crippen LogP contribution is -2.46. The van der Waals surface area contributed by atoms with E-state index in [1.807, 2.05) is 30.3 Å². The lowest BCUT2D eigenvalue weighted by Gasteiger charge is -2.33. The fourth-order valence-corrected chi connectivity index (χ4v) is 4.47. The Hall–Kier alpha value is -4.19. The smallest absolute Gasteiger partial charge is 0.418 e. The van der Waals surface area contributed by atoms with Gasteiger partial charge in [-0.1, -0.05) is 30.3 Å². The number of amides is 1. The van der Waals surface area contributed by atoms with E-state index in [-0.39, 0.29) is 46.0 Å². The summed E-state index contributed by atoms with van der Waals surface area (Å²) >= 11 is 0. The molecule has 1 atom stereocenters. The minimum Gasteiger partial charge on any atom is -0.480 e. The van der Waals surface area contributed by atoms with Gasteiger partial charge in [-0.05, 0) is 17.7 Å². The molecule has 0 saturated carbocycles. The van der Waals surface area contributed by atoms with Crippen molar-refractivity contribution >= 4 is 17.2 Å². The van der Waals surface area contributed by atoms with Crippen LogP contribution in [-0.2, 0) is 17.3 Å². The van der Waals surface area contributed by atoms with Crippen molar-refractivity contribution in [1.82, 2.24) is 24.5 Å². The molecular formula is C25H23F3N6O3. The summed E-state index contributed by atoms with van der Waals surface area (Å²) in [5, 5.41) is 3.96. The molecule has 4 aromatic rings. The minimum absolute atomic E-state index is 0.0598. The average molecular weight is 512 g/mol. The van der Waals surface area contributed by atoms with Gasteiger partial charge in [0.25, 0.3) is 5.91 Å². The van der Waals surface area contributed by atoms with Crippen molar-refractivity contribution in [3.8, 4) is 17.1 Å². The highest BCUT2D eigenvalue weighted by Gasteiger charge is 2.37. The van der Waals surface area contributed by atoms with Crippen LogP contribution in [0.3, 0.4) is 0 Å². The van der Waals surface area contributed by atoms with Crippen LogP contribution in [0.25, 0.3) is 16.8 Å². The lowest BCUT2D eigenvalue weighted by atomic mass is 10.1. The second kappa shape index (κ2) is 9.69. The summed E-state index contributed by atoms with van der Waals surface area (Å²) in [6, 6.07) is 12.2. The number of benzene rings is 1. The van der Waals surface area contributed by atoms with Crippen LogP contribution in [-0.4, -0.2) is 63.3 Å². The number of aromatic nitrogens is 4. The normalized spacial score (nSPS) is 16.2. The number of halogens is 3. The van der Waals surface area contributed by atoms with Crippen LogP contribution in [0.4, 0.5) is 19.0 Å². The first-order valence-electron chi connectivity index (χ1n) is 11.4. The number of anilines is 1. The van der Waals surface area contributed by atoms with Crippen molar-refractivity contribution in [3.05, 3.63) is 71.7 Å². The number of methoxy groups -OCH3 is 1. The quantitative estimate of drug-likeness (QED) is 0.436. The number of morpholine rings is 1. The minimum atomic E-state index is -4.69. The Labute approximate surface area is 209 Å². The van der Waals surface area contributed by atoms with Gasteiger partial charge in [-0.2, -0.15) is 18.3 Å². The Morgan fingerprint density at radius 3 is 2.73 bits per heavy atom. The molecule has 3 aromatic heterocycles. The van der Waals surface area contributed by atoms with Crippen LogP contribution < -0.4 is 10.5 Å². The van der Waals surface area contributed by atoms with Gasteiger partial charge in [0.2, 0.25) is 5.88 Å². The van der Waals surface area contributed by atoms with Gasteiger partial charge in [-0.15, -0.1) is 0 Å². The van der Waals surface area contributed by atoms with Gasteiger partial charge in [0.05, 0.1) is 31.1 Å². The molecule has 12 heteroatoms. The molecule has 2 N–H and O–H groups in total. The maximum atomic E-state index is 13.8. The van der Waals surface area contributed by atoms with Gasteiger partial charge >= 0.3 is 6.18 Å². The highest BCUT2D eigenvalue weighted by molar-refractivity contribution is 5.97. The first-order valence-corrected chi connectivity index (χ1v) is 11.4. The maximum absolute atomic E-state index is 13.8. The predicted molar refractivity (Wildman–Crippen MR) is 128 cm³/mol. The number of fused-ring (bicyclic) bond motifs is 1. The number of nitrogens with two attached hydrogens (primary N) is 1. The highest BCUT2D eigenvalue weighted by Crippen LogP contribution is 2.39. The van der Waals surface area contributed by atoms with Crippen LogP contribution in [0, 0.1) is 0 Å². The van der Waals surface area contributed by atoms with Crippen LogP contribution in [0.15, 0.2) is 55.0 Å². The van der Waals surface area contributed by atoms with E-state index in [2.05, 4.69) is 15.1 Å². The first kappa shape index (κ1) is 24.5. The third-order valence-corrected chi connectivity index (χ3v) is 6.19. The van der Waals surface area contributed by atoms with Gasteiger partial charge in [0, 0.05) is 31.3 Å². The molecule has 192 valence electrons. The van der Waals surface area contributed by atoms with E-state index in [0.29, 0.717) is 26.1 Å². The molecule has 37 heavy (non-hydrogen) atoms. The molecule has 0 radical (unpaired) electrons. The second-order valence-electron chi connectivity index (χ2n) is 8.56. The summed E-state index contributed by atoms with van der Waals surface area (Å²) in [6.07, 6.45) is -1.87. The largest absolute Gasteiger partial charge is 0.480 e. The van der Waals surface area contributed by atoms with Gasteiger partial charge in [-0.3, -0.25) is 4.79 Å². The molecule has 9 nitrogen and oxygen atoms in total. The molecule has 5 rings (SSSR count). The topological polar surface area (TPSA) is 108 Å². The number of carbonyl (C=O) groups is 1. The van der Waals surface area contributed by atoms with E-state index in [9.17, 15) is 18.0 Å². The fraction of sp³-hybridized carbons (Fsp3) is 0.280. The molecule has 1 fully saturated rings. The van der Waals surface area contributed by atoms with Crippen molar-refractivity contribution in [3.63, 3.8) is 0 Å². The van der Waals surface area contributed by atoms with Gasteiger partial charge in [-0.25, -0.2) is 14.5 Å². The SMILES string of the molecule is COc1ncc(-c2cc(C(F)(F)F)c3c(N)ncnn23)cc1C(=O)N1CCOC(Cc2ccccc2)C1. The summed E-state index contributed by atoms with van der Waals surface area (Å²) in [4.78, 5) is 23.1. The van der Waals surface area contributed by atoms with Crippen molar-refractivity contribution in [2.75, 3.05) is 32.5 Å². The summed E-state index contributed by atoms with van der Waals surface area (Å²) in [6.45, 7) is 1.05. The second-order valence-corrected chi connectivity index (χ2v) is 8.56. The molecule has 1 aliphatic heterocycles. The van der Waals surface area contributed by atoms with Crippen LogP contribution in [0.2, 0.25) is 0 Å². The number of rotatable bonds is 5. The molecule has 0 aliphatic carbocycles. The molecule has 1 aromatic carbocycles. The van der Waals surface area contributed by atoms with Gasteiger partial charge in [0.15, 0.2) is 5.82 Å². The molecule has 1 unspecified atom stereocenters. The Bertz CT molecular complexity index is 1440. The number of alkyl halides is 3. The van der Waals surface area contributed by atoms with E-state index in [1.165, 1.54) is 19.4 Å². The fourth-order valence-electron chi connectivity index (χ4n) is 4.47. The van der Waals surface area contributed by atoms with Crippen molar-refractivity contribution in [2.24, 2.45) is 0 Å². The third kappa shape index (κ3) is 4.79. The number of hydrogen-bond donors (Lipinski definition) is 1. The van der Waals surface area contributed by atoms with Crippen LogP contribution in [0.1, 0.15) is 21.5 Å². The molecule has 1 amide bonds. The number of nitrogens with zero attached hydrogens (tertiary/aromatic N) is 5. The van der Waals surface area contributed by atoms with Gasteiger partial charge < -0.3 is 20.1 Å². The van der Waals surface area contributed by atoms with Crippen molar-refractivity contribution < 1.29 is 27.4 Å². The molecule has 0 spiro atoms. The zero-order valence-electron chi connectivity index (χ0n) is 19.8. The number of nitrogen functional groups attached to an aromatic ring is 1. The summed E-state index contributed by atoms with van der Waals surface area (Å²) < 4.78 is 53.5. The lowest BCUT2D eigenvalue weighted by molar-refractivity contribution is -0.136. The summed E-state index contributed by atoms with van der Waals surface area (Å²) in [7, 11) is 1.37. The van der Waals surface area contributed by atoms with Gasteiger partial charge in [0.1, 0.15) is 17.4 Å². The van der Waals surface area contributed by atoms with E-state index in [0.717, 1.165) is 22.5 Å². The molecule has 1 saturated heterocycles. The Morgan fingerprint density at radius 2 is 2.00 bits per heavy atom.